The van der Waals surface area contributed by atoms with Crippen molar-refractivity contribution in [2.45, 2.75) is 51.2 Å². The van der Waals surface area contributed by atoms with Gasteiger partial charge in [-0.05, 0) is 45.1 Å². The van der Waals surface area contributed by atoms with Gasteiger partial charge in [-0.2, -0.15) is 0 Å². The summed E-state index contributed by atoms with van der Waals surface area (Å²) >= 11 is 0. The number of nitrogens with one attached hydrogen (secondary N) is 1. The first-order valence-corrected chi connectivity index (χ1v) is 6.99. The van der Waals surface area contributed by atoms with Crippen molar-refractivity contribution in [1.82, 2.24) is 5.32 Å². The van der Waals surface area contributed by atoms with Crippen LogP contribution < -0.4 is 5.32 Å². The predicted octanol–water partition coefficient (Wildman–Crippen LogP) is 1.73. The number of hydrogen-bond acceptors (Lipinski definition) is 4. The number of carbonyl (C=O) groups is 1. The molecule has 18 heavy (non-hydrogen) atoms. The van der Waals surface area contributed by atoms with E-state index in [1.165, 1.54) is 19.3 Å². The Morgan fingerprint density at radius 3 is 2.89 bits per heavy atom. The molecule has 1 N–H and O–H groups in total. The van der Waals surface area contributed by atoms with Crippen molar-refractivity contribution in [3.63, 3.8) is 0 Å². The lowest BCUT2D eigenvalue weighted by Gasteiger charge is -2.23. The number of fused-ring (bicyclic) bond motifs is 1. The molecular formula is C14H25NO3. The van der Waals surface area contributed by atoms with Crippen molar-refractivity contribution < 1.29 is 14.3 Å². The van der Waals surface area contributed by atoms with E-state index in [0.29, 0.717) is 18.4 Å². The Bertz CT molecular complexity index is 303. The zero-order chi connectivity index (χ0) is 13.2. The maximum Gasteiger partial charge on any atom is 0.323 e. The zero-order valence-electron chi connectivity index (χ0n) is 11.7. The molecular weight excluding hydrogens is 230 g/mol. The lowest BCUT2D eigenvalue weighted by atomic mass is 9.94. The van der Waals surface area contributed by atoms with E-state index in [9.17, 15) is 4.79 Å². The smallest absolute Gasteiger partial charge is 0.323 e. The highest BCUT2D eigenvalue weighted by Crippen LogP contribution is 2.38. The Kier molecular flexibility index (Phi) is 4.28. The van der Waals surface area contributed by atoms with Gasteiger partial charge in [-0.3, -0.25) is 4.79 Å². The second-order valence-electron chi connectivity index (χ2n) is 6.12. The van der Waals surface area contributed by atoms with Gasteiger partial charge in [0.1, 0.15) is 6.04 Å². The fourth-order valence-electron chi connectivity index (χ4n) is 3.03. The minimum Gasteiger partial charge on any atom is -0.464 e. The molecule has 3 atom stereocenters. The summed E-state index contributed by atoms with van der Waals surface area (Å²) < 4.78 is 10.7. The Hall–Kier alpha value is -0.610. The molecule has 1 saturated heterocycles. The van der Waals surface area contributed by atoms with E-state index >= 15 is 0 Å². The number of hydrogen-bond donors (Lipinski definition) is 1. The molecule has 0 aromatic rings. The first-order chi connectivity index (χ1) is 8.53. The summed E-state index contributed by atoms with van der Waals surface area (Å²) in [4.78, 5) is 12.0. The van der Waals surface area contributed by atoms with Gasteiger partial charge in [0.05, 0.1) is 12.2 Å². The van der Waals surface area contributed by atoms with Crippen molar-refractivity contribution in [3.8, 4) is 0 Å². The van der Waals surface area contributed by atoms with Crippen LogP contribution in [-0.4, -0.2) is 37.9 Å². The van der Waals surface area contributed by atoms with E-state index < -0.39 is 0 Å². The van der Waals surface area contributed by atoms with Crippen molar-refractivity contribution in [1.29, 1.82) is 0 Å². The summed E-state index contributed by atoms with van der Waals surface area (Å²) in [6, 6.07) is -0.0665. The third-order valence-corrected chi connectivity index (χ3v) is 4.50. The molecule has 1 aliphatic carbocycles. The number of esters is 1. The van der Waals surface area contributed by atoms with E-state index in [2.05, 4.69) is 5.32 Å². The maximum atomic E-state index is 12.0. The molecule has 1 heterocycles. The largest absolute Gasteiger partial charge is 0.464 e. The van der Waals surface area contributed by atoms with Crippen molar-refractivity contribution >= 4 is 5.97 Å². The fourth-order valence-corrected chi connectivity index (χ4v) is 3.03. The lowest BCUT2D eigenvalue weighted by molar-refractivity contribution is -0.148. The molecule has 0 radical (unpaired) electrons. The SMILES string of the molecule is COC(C)(C)CCOC(=O)C1NCC2CCCC21. The number of carbonyl (C=O) groups excluding carboxylic acids is 1. The van der Waals surface area contributed by atoms with Gasteiger partial charge in [0.25, 0.3) is 0 Å². The number of methoxy groups -OCH3 is 1. The second-order valence-corrected chi connectivity index (χ2v) is 6.12. The van der Waals surface area contributed by atoms with Gasteiger partial charge in [-0.15, -0.1) is 0 Å². The Balaban J connectivity index is 1.75. The van der Waals surface area contributed by atoms with Crippen LogP contribution in [0.15, 0.2) is 0 Å². The Morgan fingerprint density at radius 2 is 2.17 bits per heavy atom. The third kappa shape index (κ3) is 3.04. The van der Waals surface area contributed by atoms with Crippen LogP contribution in [0.25, 0.3) is 0 Å². The van der Waals surface area contributed by atoms with Crippen LogP contribution in [0.2, 0.25) is 0 Å². The molecule has 2 fully saturated rings. The Morgan fingerprint density at radius 1 is 1.39 bits per heavy atom. The Labute approximate surface area is 109 Å². The standard InChI is InChI=1S/C14H25NO3/c1-14(2,17-3)7-8-18-13(16)12-11-6-4-5-10(11)9-15-12/h10-12,15H,4-9H2,1-3H3. The highest BCUT2D eigenvalue weighted by atomic mass is 16.5. The monoisotopic (exact) mass is 255 g/mol. The normalized spacial score (nSPS) is 31.4. The molecule has 0 bridgehead atoms. The van der Waals surface area contributed by atoms with Gasteiger partial charge in [0.15, 0.2) is 0 Å². The molecule has 4 heteroatoms. The molecule has 2 aliphatic rings. The van der Waals surface area contributed by atoms with Crippen LogP contribution >= 0.6 is 0 Å². The van der Waals surface area contributed by atoms with Crippen LogP contribution in [0.4, 0.5) is 0 Å². The summed E-state index contributed by atoms with van der Waals surface area (Å²) in [6.45, 7) is 5.42. The molecule has 0 spiro atoms. The van der Waals surface area contributed by atoms with Crippen LogP contribution in [0, 0.1) is 11.8 Å². The van der Waals surface area contributed by atoms with E-state index in [-0.39, 0.29) is 17.6 Å². The molecule has 2 rings (SSSR count). The summed E-state index contributed by atoms with van der Waals surface area (Å²) in [7, 11) is 1.68. The first-order valence-electron chi connectivity index (χ1n) is 6.99. The first kappa shape index (κ1) is 13.8. The fraction of sp³-hybridized carbons (Fsp3) is 0.929. The highest BCUT2D eigenvalue weighted by Gasteiger charge is 2.43. The molecule has 3 unspecified atom stereocenters. The lowest BCUT2D eigenvalue weighted by Crippen LogP contribution is -2.38. The molecule has 0 amide bonds. The van der Waals surface area contributed by atoms with Gasteiger partial charge < -0.3 is 14.8 Å². The quantitative estimate of drug-likeness (QED) is 0.760. The van der Waals surface area contributed by atoms with E-state index in [4.69, 9.17) is 9.47 Å². The van der Waals surface area contributed by atoms with Gasteiger partial charge in [-0.25, -0.2) is 0 Å². The summed E-state index contributed by atoms with van der Waals surface area (Å²) in [5.41, 5.74) is -0.223. The van der Waals surface area contributed by atoms with Gasteiger partial charge in [0.2, 0.25) is 0 Å². The maximum absolute atomic E-state index is 12.0. The molecule has 104 valence electrons. The van der Waals surface area contributed by atoms with Crippen LogP contribution in [0.3, 0.4) is 0 Å². The predicted molar refractivity (Wildman–Crippen MR) is 69.3 cm³/mol. The molecule has 4 nitrogen and oxygen atoms in total. The third-order valence-electron chi connectivity index (χ3n) is 4.50. The van der Waals surface area contributed by atoms with Crippen LogP contribution in [0.5, 0.6) is 0 Å². The van der Waals surface area contributed by atoms with E-state index in [1.807, 2.05) is 13.8 Å². The minimum atomic E-state index is -0.223. The summed E-state index contributed by atoms with van der Waals surface area (Å²) in [6.07, 6.45) is 4.42. The van der Waals surface area contributed by atoms with Crippen molar-refractivity contribution in [3.05, 3.63) is 0 Å². The van der Waals surface area contributed by atoms with Crippen LogP contribution in [0.1, 0.15) is 39.5 Å². The average molecular weight is 255 g/mol. The number of ether oxygens (including phenoxy) is 2. The van der Waals surface area contributed by atoms with Crippen molar-refractivity contribution in [2.75, 3.05) is 20.3 Å². The summed E-state index contributed by atoms with van der Waals surface area (Å²) in [5, 5.41) is 3.31. The topological polar surface area (TPSA) is 47.6 Å². The van der Waals surface area contributed by atoms with E-state index in [0.717, 1.165) is 13.0 Å². The van der Waals surface area contributed by atoms with Gasteiger partial charge in [0, 0.05) is 13.5 Å². The van der Waals surface area contributed by atoms with Gasteiger partial charge >= 0.3 is 5.97 Å². The average Bonchev–Trinajstić information content (AvgIpc) is 2.90. The van der Waals surface area contributed by atoms with E-state index in [1.54, 1.807) is 7.11 Å². The molecule has 0 aromatic heterocycles. The zero-order valence-corrected chi connectivity index (χ0v) is 11.7. The number of rotatable bonds is 5. The second kappa shape index (κ2) is 5.57. The summed E-state index contributed by atoms with van der Waals surface area (Å²) in [5.74, 6) is 1.13. The van der Waals surface area contributed by atoms with Gasteiger partial charge in [-0.1, -0.05) is 6.42 Å². The molecule has 0 aromatic carbocycles. The minimum absolute atomic E-state index is 0.0665. The molecule has 1 saturated carbocycles. The molecule has 1 aliphatic heterocycles. The van der Waals surface area contributed by atoms with Crippen molar-refractivity contribution in [2.24, 2.45) is 11.8 Å². The van der Waals surface area contributed by atoms with Crippen LogP contribution in [-0.2, 0) is 14.3 Å². The highest BCUT2D eigenvalue weighted by molar-refractivity contribution is 5.76.